The van der Waals surface area contributed by atoms with Crippen molar-refractivity contribution in [3.05, 3.63) is 35.4 Å². The van der Waals surface area contributed by atoms with E-state index in [4.69, 9.17) is 11.6 Å². The zero-order valence-corrected chi connectivity index (χ0v) is 21.3. The predicted octanol–water partition coefficient (Wildman–Crippen LogP) is 3.62. The number of halogens is 3. The Morgan fingerprint density at radius 2 is 1.92 bits per heavy atom. The minimum atomic E-state index is -4.60. The van der Waals surface area contributed by atoms with Crippen LogP contribution in [0.1, 0.15) is 50.5 Å². The molecule has 1 fully saturated rings. The van der Waals surface area contributed by atoms with E-state index in [2.05, 4.69) is 29.8 Å². The first kappa shape index (κ1) is 27.5. The van der Waals surface area contributed by atoms with Gasteiger partial charge in [-0.3, -0.25) is 4.79 Å². The number of alkyl halides is 2. The fourth-order valence-electron chi connectivity index (χ4n) is 3.30. The fraction of sp³-hybridized carbons (Fsp3) is 0.476. The second-order valence-electron chi connectivity index (χ2n) is 9.10. The van der Waals surface area contributed by atoms with Crippen molar-refractivity contribution in [3.8, 4) is 0 Å². The molecule has 2 aromatic heterocycles. The van der Waals surface area contributed by atoms with Crippen LogP contribution in [0.4, 0.5) is 25.1 Å². The molecule has 2 N–H and O–H groups in total. The van der Waals surface area contributed by atoms with Crippen molar-refractivity contribution < 1.29 is 31.0 Å². The number of pyridine rings is 1. The van der Waals surface area contributed by atoms with Crippen LogP contribution in [0.15, 0.2) is 29.6 Å². The van der Waals surface area contributed by atoms with Crippen molar-refractivity contribution in [1.29, 1.82) is 0 Å². The lowest BCUT2D eigenvalue weighted by Crippen LogP contribution is -2.41. The van der Waals surface area contributed by atoms with E-state index in [9.17, 15) is 26.8 Å². The molecule has 11 nitrogen and oxygen atoms in total. The Labute approximate surface area is 211 Å². The number of anilines is 2. The standard InChI is InChI=1S/C21H25ClF2N6O5S/c1-20(2,3)29-19(32)35-36(33,34)15-11-13(5-8-25-15)27-18(31)16-17(28-14(22)12-26-16)30-9-4-6-21(23,24)7-10-30/h5,8,11-12H,4,6-7,9-10H2,1-3H3,(H,29,32)(H,25,27,31). The van der Waals surface area contributed by atoms with Crippen molar-refractivity contribution in [2.24, 2.45) is 0 Å². The monoisotopic (exact) mass is 546 g/mol. The van der Waals surface area contributed by atoms with Gasteiger partial charge >= 0.3 is 16.2 Å². The quantitative estimate of drug-likeness (QED) is 0.537. The maximum atomic E-state index is 13.8. The van der Waals surface area contributed by atoms with Crippen LogP contribution in [-0.4, -0.2) is 59.9 Å². The van der Waals surface area contributed by atoms with Gasteiger partial charge in [0.2, 0.25) is 5.92 Å². The Morgan fingerprint density at radius 1 is 1.19 bits per heavy atom. The summed E-state index contributed by atoms with van der Waals surface area (Å²) in [4.78, 5) is 38.2. The Balaban J connectivity index is 1.81. The van der Waals surface area contributed by atoms with Crippen LogP contribution in [0.3, 0.4) is 0 Å². The Morgan fingerprint density at radius 3 is 2.61 bits per heavy atom. The molecule has 1 aliphatic heterocycles. The summed E-state index contributed by atoms with van der Waals surface area (Å²) >= 11 is 5.95. The average molecular weight is 547 g/mol. The van der Waals surface area contributed by atoms with E-state index >= 15 is 0 Å². The van der Waals surface area contributed by atoms with Crippen molar-refractivity contribution in [1.82, 2.24) is 20.3 Å². The maximum Gasteiger partial charge on any atom is 0.423 e. The van der Waals surface area contributed by atoms with Crippen LogP contribution in [0.5, 0.6) is 0 Å². The van der Waals surface area contributed by atoms with Gasteiger partial charge in [-0.1, -0.05) is 11.6 Å². The van der Waals surface area contributed by atoms with Gasteiger partial charge in [0.1, 0.15) is 5.15 Å². The number of carbonyl (C=O) groups excluding carboxylic acids is 2. The summed E-state index contributed by atoms with van der Waals surface area (Å²) in [7, 11) is -4.60. The zero-order valence-electron chi connectivity index (χ0n) is 19.7. The first-order chi connectivity index (χ1) is 16.7. The van der Waals surface area contributed by atoms with Crippen LogP contribution < -0.4 is 15.5 Å². The highest BCUT2D eigenvalue weighted by Crippen LogP contribution is 2.31. The largest absolute Gasteiger partial charge is 0.423 e. The lowest BCUT2D eigenvalue weighted by molar-refractivity contribution is -0.0102. The van der Waals surface area contributed by atoms with Crippen LogP contribution in [-0.2, 0) is 14.3 Å². The number of aromatic nitrogens is 3. The minimum absolute atomic E-state index is 0.00138. The first-order valence-corrected chi connectivity index (χ1v) is 12.6. The zero-order chi connectivity index (χ0) is 26.7. The molecule has 0 unspecified atom stereocenters. The van der Waals surface area contributed by atoms with E-state index in [1.165, 1.54) is 11.0 Å². The summed E-state index contributed by atoms with van der Waals surface area (Å²) in [6.45, 7) is 5.07. The molecular weight excluding hydrogens is 522 g/mol. The van der Waals surface area contributed by atoms with E-state index in [1.807, 2.05) is 0 Å². The lowest BCUT2D eigenvalue weighted by atomic mass is 10.1. The molecule has 3 heterocycles. The number of amides is 2. The summed E-state index contributed by atoms with van der Waals surface area (Å²) in [5.41, 5.74) is -0.929. The number of hydrogen-bond donors (Lipinski definition) is 2. The third-order valence-corrected chi connectivity index (χ3v) is 6.16. The summed E-state index contributed by atoms with van der Waals surface area (Å²) in [6, 6.07) is 2.30. The van der Waals surface area contributed by atoms with E-state index < -0.39 is 45.0 Å². The molecule has 15 heteroatoms. The van der Waals surface area contributed by atoms with Crippen LogP contribution in [0.2, 0.25) is 5.15 Å². The fourth-order valence-corrected chi connectivity index (χ4v) is 4.21. The van der Waals surface area contributed by atoms with Gasteiger partial charge in [-0.25, -0.2) is 28.5 Å². The molecule has 0 saturated carbocycles. The number of hydrogen-bond acceptors (Lipinski definition) is 9. The molecule has 0 radical (unpaired) electrons. The highest BCUT2D eigenvalue weighted by Gasteiger charge is 2.33. The van der Waals surface area contributed by atoms with E-state index in [-0.39, 0.29) is 48.3 Å². The Bertz CT molecular complexity index is 1260. The van der Waals surface area contributed by atoms with Gasteiger partial charge in [-0.15, -0.1) is 0 Å². The van der Waals surface area contributed by atoms with Gasteiger partial charge < -0.3 is 19.7 Å². The molecule has 2 amide bonds. The molecule has 0 atom stereocenters. The first-order valence-electron chi connectivity index (χ1n) is 10.8. The van der Waals surface area contributed by atoms with E-state index in [1.54, 1.807) is 20.8 Å². The number of rotatable bonds is 5. The van der Waals surface area contributed by atoms with Crippen molar-refractivity contribution in [3.63, 3.8) is 0 Å². The average Bonchev–Trinajstić information content (AvgIpc) is 2.92. The molecule has 3 rings (SSSR count). The molecule has 36 heavy (non-hydrogen) atoms. The van der Waals surface area contributed by atoms with Crippen LogP contribution in [0, 0.1) is 0 Å². The Hall–Kier alpha value is -3.13. The second kappa shape index (κ2) is 10.5. The van der Waals surface area contributed by atoms with Gasteiger partial charge in [0, 0.05) is 49.4 Å². The molecular formula is C21H25ClF2N6O5S. The van der Waals surface area contributed by atoms with Gasteiger partial charge in [-0.2, -0.15) is 8.42 Å². The normalized spacial score (nSPS) is 16.1. The summed E-state index contributed by atoms with van der Waals surface area (Å²) in [5, 5.41) is 4.17. The van der Waals surface area contributed by atoms with Crippen LogP contribution in [0.25, 0.3) is 0 Å². The third kappa shape index (κ3) is 7.43. The van der Waals surface area contributed by atoms with E-state index in [0.717, 1.165) is 18.5 Å². The third-order valence-electron chi connectivity index (χ3n) is 4.87. The molecule has 1 saturated heterocycles. The van der Waals surface area contributed by atoms with Gasteiger partial charge in [0.05, 0.1) is 6.20 Å². The summed E-state index contributed by atoms with van der Waals surface area (Å²) in [6.07, 6.45) is 0.508. The number of nitrogens with zero attached hydrogens (tertiary/aromatic N) is 4. The lowest BCUT2D eigenvalue weighted by Gasteiger charge is -2.23. The van der Waals surface area contributed by atoms with Gasteiger partial charge in [0.25, 0.3) is 5.91 Å². The molecule has 0 aromatic carbocycles. The smallest absolute Gasteiger partial charge is 0.354 e. The molecule has 1 aliphatic rings. The maximum absolute atomic E-state index is 13.8. The van der Waals surface area contributed by atoms with Crippen molar-refractivity contribution in [2.75, 3.05) is 23.3 Å². The molecule has 196 valence electrons. The Kier molecular flexibility index (Phi) is 7.98. The molecule has 0 aliphatic carbocycles. The molecule has 0 spiro atoms. The SMILES string of the molecule is CC(C)(C)NC(=O)OS(=O)(=O)c1cc(NC(=O)c2ncc(Cl)nc2N2CCCC(F)(F)CC2)ccn1. The van der Waals surface area contributed by atoms with Gasteiger partial charge in [-0.05, 0) is 33.3 Å². The van der Waals surface area contributed by atoms with Crippen molar-refractivity contribution >= 4 is 45.2 Å². The number of carbonyl (C=O) groups is 2. The minimum Gasteiger partial charge on any atom is -0.354 e. The predicted molar refractivity (Wildman–Crippen MR) is 127 cm³/mol. The second-order valence-corrected chi connectivity index (χ2v) is 11.0. The summed E-state index contributed by atoms with van der Waals surface area (Å²) < 4.78 is 57.1. The highest BCUT2D eigenvalue weighted by atomic mass is 35.5. The highest BCUT2D eigenvalue weighted by molar-refractivity contribution is 7.87. The molecule has 2 aromatic rings. The van der Waals surface area contributed by atoms with Crippen LogP contribution >= 0.6 is 11.6 Å². The topological polar surface area (TPSA) is 143 Å². The number of nitrogens with one attached hydrogen (secondary N) is 2. The van der Waals surface area contributed by atoms with Crippen molar-refractivity contribution in [2.45, 2.75) is 56.5 Å². The molecule has 0 bridgehead atoms. The van der Waals surface area contributed by atoms with Gasteiger partial charge in [0.15, 0.2) is 16.5 Å². The summed E-state index contributed by atoms with van der Waals surface area (Å²) in [5.74, 6) is -3.58. The van der Waals surface area contributed by atoms with E-state index in [0.29, 0.717) is 0 Å².